The summed E-state index contributed by atoms with van der Waals surface area (Å²) in [6.07, 6.45) is 4.45. The summed E-state index contributed by atoms with van der Waals surface area (Å²) in [6.45, 7) is 0.280. The first-order valence-electron chi connectivity index (χ1n) is 8.77. The Labute approximate surface area is 167 Å². The number of nitrogens with zero attached hydrogens (tertiary/aromatic N) is 2. The molecule has 8 heteroatoms. The molecule has 2 aromatic heterocycles. The van der Waals surface area contributed by atoms with Crippen molar-refractivity contribution in [2.45, 2.75) is 6.54 Å². The van der Waals surface area contributed by atoms with Gasteiger partial charge in [0, 0.05) is 30.3 Å². The Hall–Kier alpha value is -3.94. The molecule has 0 fully saturated rings. The fourth-order valence-electron chi connectivity index (χ4n) is 2.58. The molecule has 0 atom stereocenters. The second-order valence-electron chi connectivity index (χ2n) is 5.99. The number of nitrogens with one attached hydrogen (secondary N) is 2. The van der Waals surface area contributed by atoms with Crippen LogP contribution in [0.25, 0.3) is 0 Å². The zero-order valence-corrected chi connectivity index (χ0v) is 16.0. The number of anilines is 1. The van der Waals surface area contributed by atoms with Gasteiger partial charge in [0.05, 0.1) is 37.6 Å². The lowest BCUT2D eigenvalue weighted by Gasteiger charge is -2.11. The van der Waals surface area contributed by atoms with Crippen LogP contribution in [0.4, 0.5) is 5.69 Å². The van der Waals surface area contributed by atoms with Gasteiger partial charge in [-0.15, -0.1) is 0 Å². The molecule has 0 aliphatic carbocycles. The molecule has 3 aromatic rings. The first-order chi connectivity index (χ1) is 14.1. The molecule has 8 nitrogen and oxygen atoms in total. The SMILES string of the molecule is COc1ccc(NC(=O)c2cncc(C(=O)NCc3ccccn3)c2)cc1OC. The van der Waals surface area contributed by atoms with Gasteiger partial charge in [0.25, 0.3) is 11.8 Å². The third-order valence-corrected chi connectivity index (χ3v) is 4.06. The van der Waals surface area contributed by atoms with E-state index in [2.05, 4.69) is 20.6 Å². The van der Waals surface area contributed by atoms with Crippen molar-refractivity contribution in [3.05, 3.63) is 77.9 Å². The van der Waals surface area contributed by atoms with Crippen LogP contribution >= 0.6 is 0 Å². The summed E-state index contributed by atoms with van der Waals surface area (Å²) in [5.41, 5.74) is 1.79. The number of benzene rings is 1. The molecule has 0 aliphatic rings. The maximum atomic E-state index is 12.6. The molecule has 2 N–H and O–H groups in total. The van der Waals surface area contributed by atoms with E-state index in [9.17, 15) is 9.59 Å². The van der Waals surface area contributed by atoms with Crippen molar-refractivity contribution in [2.24, 2.45) is 0 Å². The van der Waals surface area contributed by atoms with Crippen LogP contribution in [0.15, 0.2) is 61.1 Å². The molecule has 0 spiro atoms. The molecular formula is C21H20N4O4. The summed E-state index contributed by atoms with van der Waals surface area (Å²) in [5, 5.41) is 5.51. The van der Waals surface area contributed by atoms with Gasteiger partial charge in [-0.2, -0.15) is 0 Å². The Morgan fingerprint density at radius 3 is 2.38 bits per heavy atom. The van der Waals surface area contributed by atoms with E-state index < -0.39 is 5.91 Å². The van der Waals surface area contributed by atoms with Crippen molar-refractivity contribution in [1.82, 2.24) is 15.3 Å². The highest BCUT2D eigenvalue weighted by molar-refractivity contribution is 6.06. The van der Waals surface area contributed by atoms with Gasteiger partial charge in [-0.3, -0.25) is 19.6 Å². The summed E-state index contributed by atoms with van der Waals surface area (Å²) < 4.78 is 10.4. The topological polar surface area (TPSA) is 102 Å². The maximum absolute atomic E-state index is 12.6. The van der Waals surface area contributed by atoms with Gasteiger partial charge in [-0.25, -0.2) is 0 Å². The zero-order chi connectivity index (χ0) is 20.6. The van der Waals surface area contributed by atoms with Crippen molar-refractivity contribution < 1.29 is 19.1 Å². The molecular weight excluding hydrogens is 372 g/mol. The average molecular weight is 392 g/mol. The number of carbonyl (C=O) groups is 2. The largest absolute Gasteiger partial charge is 0.493 e. The van der Waals surface area contributed by atoms with Crippen molar-refractivity contribution in [3.63, 3.8) is 0 Å². The third kappa shape index (κ3) is 5.07. The molecule has 2 heterocycles. The highest BCUT2D eigenvalue weighted by Crippen LogP contribution is 2.29. The van der Waals surface area contributed by atoms with Crippen molar-refractivity contribution in [3.8, 4) is 11.5 Å². The van der Waals surface area contributed by atoms with Crippen LogP contribution < -0.4 is 20.1 Å². The van der Waals surface area contributed by atoms with Gasteiger partial charge < -0.3 is 20.1 Å². The quantitative estimate of drug-likeness (QED) is 0.641. The lowest BCUT2D eigenvalue weighted by Crippen LogP contribution is -2.24. The molecule has 0 radical (unpaired) electrons. The number of pyridine rings is 2. The lowest BCUT2D eigenvalue weighted by molar-refractivity contribution is 0.0950. The maximum Gasteiger partial charge on any atom is 0.257 e. The highest BCUT2D eigenvalue weighted by atomic mass is 16.5. The van der Waals surface area contributed by atoms with Gasteiger partial charge in [-0.05, 0) is 30.3 Å². The van der Waals surface area contributed by atoms with Gasteiger partial charge >= 0.3 is 0 Å². The van der Waals surface area contributed by atoms with Crippen LogP contribution in [-0.2, 0) is 6.54 Å². The Morgan fingerprint density at radius 2 is 1.69 bits per heavy atom. The number of amides is 2. The number of hydrogen-bond acceptors (Lipinski definition) is 6. The van der Waals surface area contributed by atoms with Crippen LogP contribution in [0, 0.1) is 0 Å². The summed E-state index contributed by atoms with van der Waals surface area (Å²) in [4.78, 5) is 33.1. The number of rotatable bonds is 7. The second kappa shape index (κ2) is 9.32. The number of ether oxygens (including phenoxy) is 2. The second-order valence-corrected chi connectivity index (χ2v) is 5.99. The predicted molar refractivity (Wildman–Crippen MR) is 107 cm³/mol. The molecule has 2 amide bonds. The van der Waals surface area contributed by atoms with Gasteiger partial charge in [-0.1, -0.05) is 6.07 Å². The van der Waals surface area contributed by atoms with Crippen LogP contribution in [0.2, 0.25) is 0 Å². The minimum atomic E-state index is -0.399. The van der Waals surface area contributed by atoms with Crippen molar-refractivity contribution in [2.75, 3.05) is 19.5 Å². The van der Waals surface area contributed by atoms with Crippen LogP contribution in [0.3, 0.4) is 0 Å². The number of hydrogen-bond donors (Lipinski definition) is 2. The average Bonchev–Trinajstić information content (AvgIpc) is 2.78. The van der Waals surface area contributed by atoms with E-state index in [4.69, 9.17) is 9.47 Å². The minimum Gasteiger partial charge on any atom is -0.493 e. The van der Waals surface area contributed by atoms with Crippen LogP contribution in [-0.4, -0.2) is 36.0 Å². The summed E-state index contributed by atoms with van der Waals surface area (Å²) in [6, 6.07) is 12.0. The van der Waals surface area contributed by atoms with Crippen molar-refractivity contribution in [1.29, 1.82) is 0 Å². The lowest BCUT2D eigenvalue weighted by atomic mass is 10.1. The van der Waals surface area contributed by atoms with Gasteiger partial charge in [0.2, 0.25) is 0 Å². The molecule has 29 heavy (non-hydrogen) atoms. The van der Waals surface area contributed by atoms with E-state index in [0.29, 0.717) is 17.2 Å². The van der Waals surface area contributed by atoms with Crippen LogP contribution in [0.5, 0.6) is 11.5 Å². The fraction of sp³-hybridized carbons (Fsp3) is 0.143. The Kier molecular flexibility index (Phi) is 6.36. The molecule has 148 valence electrons. The Morgan fingerprint density at radius 1 is 0.931 bits per heavy atom. The van der Waals surface area contributed by atoms with E-state index in [1.165, 1.54) is 32.7 Å². The van der Waals surface area contributed by atoms with E-state index in [-0.39, 0.29) is 23.6 Å². The summed E-state index contributed by atoms with van der Waals surface area (Å²) in [5.74, 6) is 0.304. The molecule has 3 rings (SSSR count). The van der Waals surface area contributed by atoms with Crippen molar-refractivity contribution >= 4 is 17.5 Å². The molecule has 0 bridgehead atoms. The number of aromatic nitrogens is 2. The summed E-state index contributed by atoms with van der Waals surface area (Å²) in [7, 11) is 3.05. The van der Waals surface area contributed by atoms with E-state index in [1.807, 2.05) is 12.1 Å². The monoisotopic (exact) mass is 392 g/mol. The predicted octanol–water partition coefficient (Wildman–Crippen LogP) is 2.68. The highest BCUT2D eigenvalue weighted by Gasteiger charge is 2.13. The number of methoxy groups -OCH3 is 2. The Balaban J connectivity index is 1.68. The minimum absolute atomic E-state index is 0.255. The fourth-order valence-corrected chi connectivity index (χ4v) is 2.58. The molecule has 1 aromatic carbocycles. The van der Waals surface area contributed by atoms with E-state index >= 15 is 0 Å². The first kappa shape index (κ1) is 19.8. The molecule has 0 saturated carbocycles. The molecule has 0 saturated heterocycles. The zero-order valence-electron chi connectivity index (χ0n) is 16.0. The van der Waals surface area contributed by atoms with E-state index in [1.54, 1.807) is 30.5 Å². The Bertz CT molecular complexity index is 1010. The third-order valence-electron chi connectivity index (χ3n) is 4.06. The smallest absolute Gasteiger partial charge is 0.257 e. The first-order valence-corrected chi connectivity index (χ1v) is 8.77. The van der Waals surface area contributed by atoms with Crippen LogP contribution in [0.1, 0.15) is 26.4 Å². The van der Waals surface area contributed by atoms with Gasteiger partial charge in [0.1, 0.15) is 0 Å². The normalized spacial score (nSPS) is 10.1. The standard InChI is InChI=1S/C21H20N4O4/c1-28-18-7-6-16(10-19(18)29-2)25-21(27)15-9-14(11-22-12-15)20(26)24-13-17-5-3-4-8-23-17/h3-12H,13H2,1-2H3,(H,24,26)(H,25,27). The number of carbonyl (C=O) groups excluding carboxylic acids is 2. The van der Waals surface area contributed by atoms with Gasteiger partial charge in [0.15, 0.2) is 11.5 Å². The summed E-state index contributed by atoms with van der Waals surface area (Å²) >= 11 is 0. The van der Waals surface area contributed by atoms with E-state index in [0.717, 1.165) is 5.69 Å². The molecule has 0 unspecified atom stereocenters. The molecule has 0 aliphatic heterocycles.